The molecule has 0 unspecified atom stereocenters. The number of aromatic carboxylic acids is 1. The molecule has 0 amide bonds. The summed E-state index contributed by atoms with van der Waals surface area (Å²) in [6.45, 7) is 1.46. The maximum Gasteiger partial charge on any atom is 0.335 e. The van der Waals surface area contributed by atoms with Crippen molar-refractivity contribution in [1.29, 1.82) is 0 Å². The van der Waals surface area contributed by atoms with Crippen molar-refractivity contribution in [3.05, 3.63) is 58.9 Å². The van der Waals surface area contributed by atoms with Gasteiger partial charge in [-0.15, -0.1) is 0 Å². The lowest BCUT2D eigenvalue weighted by Gasteiger charge is -2.12. The van der Waals surface area contributed by atoms with Gasteiger partial charge in [-0.3, -0.25) is 0 Å². The summed E-state index contributed by atoms with van der Waals surface area (Å²) >= 11 is 0. The van der Waals surface area contributed by atoms with Gasteiger partial charge >= 0.3 is 5.97 Å². The zero-order chi connectivity index (χ0) is 14.9. The van der Waals surface area contributed by atoms with Crippen LogP contribution in [0.4, 0.5) is 24.5 Å². The summed E-state index contributed by atoms with van der Waals surface area (Å²) < 4.78 is 40.8. The Morgan fingerprint density at radius 1 is 1.10 bits per heavy atom. The fraction of sp³-hybridized carbons (Fsp3) is 0.0714. The number of nitrogens with one attached hydrogen (secondary N) is 1. The van der Waals surface area contributed by atoms with Crippen molar-refractivity contribution in [1.82, 2.24) is 0 Å². The van der Waals surface area contributed by atoms with Crippen LogP contribution >= 0.6 is 0 Å². The van der Waals surface area contributed by atoms with Gasteiger partial charge in [-0.25, -0.2) is 18.0 Å². The maximum atomic E-state index is 13.7. The minimum atomic E-state index is -1.43. The first kappa shape index (κ1) is 13.9. The van der Waals surface area contributed by atoms with E-state index in [0.29, 0.717) is 12.1 Å². The van der Waals surface area contributed by atoms with Gasteiger partial charge in [-0.2, -0.15) is 0 Å². The second-order valence-electron chi connectivity index (χ2n) is 4.16. The van der Waals surface area contributed by atoms with Crippen LogP contribution in [0.5, 0.6) is 0 Å². The molecule has 0 bridgehead atoms. The molecular formula is C14H10F3NO2. The molecule has 0 aromatic heterocycles. The molecule has 2 aromatic carbocycles. The molecule has 0 radical (unpaired) electrons. The highest BCUT2D eigenvalue weighted by Crippen LogP contribution is 2.27. The average molecular weight is 281 g/mol. The Balaban J connectivity index is 2.44. The fourth-order valence-corrected chi connectivity index (χ4v) is 1.69. The van der Waals surface area contributed by atoms with E-state index in [0.717, 1.165) is 0 Å². The van der Waals surface area contributed by atoms with E-state index in [1.807, 2.05) is 0 Å². The lowest BCUT2D eigenvalue weighted by atomic mass is 10.1. The third-order valence-corrected chi connectivity index (χ3v) is 2.82. The minimum absolute atomic E-state index is 0.200. The zero-order valence-corrected chi connectivity index (χ0v) is 10.4. The van der Waals surface area contributed by atoms with E-state index < -0.39 is 34.7 Å². The topological polar surface area (TPSA) is 49.3 Å². The largest absolute Gasteiger partial charge is 0.478 e. The highest BCUT2D eigenvalue weighted by molar-refractivity contribution is 5.88. The van der Waals surface area contributed by atoms with Crippen LogP contribution in [0.15, 0.2) is 30.3 Å². The Kier molecular flexibility index (Phi) is 3.65. The molecule has 0 aliphatic heterocycles. The number of carboxylic acids is 1. The molecule has 20 heavy (non-hydrogen) atoms. The molecule has 0 saturated heterocycles. The molecule has 0 heterocycles. The number of carbonyl (C=O) groups is 1. The molecule has 6 heteroatoms. The lowest BCUT2D eigenvalue weighted by Crippen LogP contribution is -2.04. The quantitative estimate of drug-likeness (QED) is 0.898. The molecule has 0 fully saturated rings. The summed E-state index contributed by atoms with van der Waals surface area (Å²) in [4.78, 5) is 10.7. The minimum Gasteiger partial charge on any atom is -0.478 e. The summed E-state index contributed by atoms with van der Waals surface area (Å²) in [5.41, 5.74) is -0.621. The Morgan fingerprint density at radius 3 is 2.25 bits per heavy atom. The van der Waals surface area contributed by atoms with Crippen molar-refractivity contribution in [2.75, 3.05) is 5.32 Å². The van der Waals surface area contributed by atoms with Crippen molar-refractivity contribution in [2.45, 2.75) is 6.92 Å². The smallest absolute Gasteiger partial charge is 0.335 e. The van der Waals surface area contributed by atoms with Gasteiger partial charge in [0.05, 0.1) is 5.56 Å². The molecule has 0 saturated carbocycles. The van der Waals surface area contributed by atoms with Crippen molar-refractivity contribution in [3.8, 4) is 0 Å². The van der Waals surface area contributed by atoms with Crippen LogP contribution in [0.25, 0.3) is 0 Å². The molecule has 0 spiro atoms. The number of halogens is 3. The number of hydrogen-bond donors (Lipinski definition) is 2. The van der Waals surface area contributed by atoms with E-state index in [9.17, 15) is 18.0 Å². The maximum absolute atomic E-state index is 13.7. The molecule has 3 nitrogen and oxygen atoms in total. The number of carboxylic acid groups (broad SMARTS) is 1. The van der Waals surface area contributed by atoms with Crippen molar-refractivity contribution in [2.24, 2.45) is 0 Å². The molecule has 0 aliphatic rings. The normalized spacial score (nSPS) is 10.4. The molecule has 2 rings (SSSR count). The summed E-state index contributed by atoms with van der Waals surface area (Å²) in [7, 11) is 0. The van der Waals surface area contributed by atoms with E-state index in [2.05, 4.69) is 5.32 Å². The van der Waals surface area contributed by atoms with Crippen LogP contribution in [-0.2, 0) is 0 Å². The van der Waals surface area contributed by atoms with Crippen molar-refractivity contribution in [3.63, 3.8) is 0 Å². The molecule has 104 valence electrons. The van der Waals surface area contributed by atoms with E-state index in [1.165, 1.54) is 25.1 Å². The highest BCUT2D eigenvalue weighted by atomic mass is 19.1. The number of hydrogen-bond acceptors (Lipinski definition) is 2. The van der Waals surface area contributed by atoms with Gasteiger partial charge in [0, 0.05) is 11.3 Å². The van der Waals surface area contributed by atoms with Gasteiger partial charge in [0.15, 0.2) is 11.6 Å². The Labute approximate surface area is 112 Å². The summed E-state index contributed by atoms with van der Waals surface area (Å²) in [6.07, 6.45) is 0. The van der Waals surface area contributed by atoms with Gasteiger partial charge in [0.2, 0.25) is 0 Å². The number of rotatable bonds is 3. The van der Waals surface area contributed by atoms with Crippen molar-refractivity contribution >= 4 is 17.3 Å². The Bertz CT molecular complexity index is 663. The Hall–Kier alpha value is -2.50. The third kappa shape index (κ3) is 2.59. The second-order valence-corrected chi connectivity index (χ2v) is 4.16. The molecule has 0 aliphatic carbocycles. The molecule has 2 N–H and O–H groups in total. The van der Waals surface area contributed by atoms with Crippen LogP contribution in [0.1, 0.15) is 15.9 Å². The van der Waals surface area contributed by atoms with Gasteiger partial charge in [0.1, 0.15) is 11.5 Å². The van der Waals surface area contributed by atoms with Crippen LogP contribution in [0.3, 0.4) is 0 Å². The summed E-state index contributed by atoms with van der Waals surface area (Å²) in [6, 6.07) is 5.47. The van der Waals surface area contributed by atoms with Crippen LogP contribution in [-0.4, -0.2) is 11.1 Å². The van der Waals surface area contributed by atoms with E-state index in [-0.39, 0.29) is 11.3 Å². The van der Waals surface area contributed by atoms with Crippen LogP contribution in [0.2, 0.25) is 0 Å². The van der Waals surface area contributed by atoms with Gasteiger partial charge in [-0.05, 0) is 31.2 Å². The summed E-state index contributed by atoms with van der Waals surface area (Å²) in [5.74, 6) is -4.08. The molecule has 2 aromatic rings. The number of benzene rings is 2. The molecular weight excluding hydrogens is 271 g/mol. The van der Waals surface area contributed by atoms with Crippen LogP contribution in [0, 0.1) is 24.4 Å². The zero-order valence-electron chi connectivity index (χ0n) is 10.4. The standard InChI is InChI=1S/C14H10F3NO2/c1-7-9(15)3-2-4-12(7)18-13-10(16)5-8(14(19)20)6-11(13)17/h2-6,18H,1H3,(H,19,20). The predicted molar refractivity (Wildman–Crippen MR) is 67.7 cm³/mol. The van der Waals surface area contributed by atoms with E-state index in [4.69, 9.17) is 5.11 Å². The first-order chi connectivity index (χ1) is 9.40. The predicted octanol–water partition coefficient (Wildman–Crippen LogP) is 3.85. The summed E-state index contributed by atoms with van der Waals surface area (Å²) in [5, 5.41) is 11.1. The fourth-order valence-electron chi connectivity index (χ4n) is 1.69. The average Bonchev–Trinajstić information content (AvgIpc) is 2.38. The highest BCUT2D eigenvalue weighted by Gasteiger charge is 2.16. The van der Waals surface area contributed by atoms with Gasteiger partial charge in [-0.1, -0.05) is 6.07 Å². The first-order valence-electron chi connectivity index (χ1n) is 5.64. The third-order valence-electron chi connectivity index (χ3n) is 2.82. The number of anilines is 2. The van der Waals surface area contributed by atoms with Gasteiger partial charge < -0.3 is 10.4 Å². The van der Waals surface area contributed by atoms with E-state index >= 15 is 0 Å². The van der Waals surface area contributed by atoms with Gasteiger partial charge in [0.25, 0.3) is 0 Å². The SMILES string of the molecule is Cc1c(F)cccc1Nc1c(F)cc(C(=O)O)cc1F. The lowest BCUT2D eigenvalue weighted by molar-refractivity contribution is 0.0696. The van der Waals surface area contributed by atoms with E-state index in [1.54, 1.807) is 0 Å². The molecule has 0 atom stereocenters. The Morgan fingerprint density at radius 2 is 1.70 bits per heavy atom. The monoisotopic (exact) mass is 281 g/mol. The van der Waals surface area contributed by atoms with Crippen LogP contribution < -0.4 is 5.32 Å². The second kappa shape index (κ2) is 5.24. The van der Waals surface area contributed by atoms with Crippen molar-refractivity contribution < 1.29 is 23.1 Å². The first-order valence-corrected chi connectivity index (χ1v) is 5.64.